The number of likely N-dealkylation sites (N-methyl/N-ethyl adjacent to an activating group) is 1. The van der Waals surface area contributed by atoms with Gasteiger partial charge in [0.1, 0.15) is 17.8 Å². The number of amides is 1. The van der Waals surface area contributed by atoms with Crippen LogP contribution in [0.4, 0.5) is 5.69 Å². The largest absolute Gasteiger partial charge is 0.507 e. The Bertz CT molecular complexity index is 870. The van der Waals surface area contributed by atoms with E-state index in [-0.39, 0.29) is 11.7 Å². The highest BCUT2D eigenvalue weighted by atomic mass is 16.5. The number of fused-ring (bicyclic) bond motifs is 1. The van der Waals surface area contributed by atoms with Crippen LogP contribution in [0.25, 0.3) is 11.1 Å². The van der Waals surface area contributed by atoms with E-state index in [1.54, 1.807) is 30.9 Å². The molecule has 0 aromatic heterocycles. The number of phenolic OH excluding ortho intramolecular Hbond substituents is 1. The first-order chi connectivity index (χ1) is 11.8. The summed E-state index contributed by atoms with van der Waals surface area (Å²) in [6, 6.07) is 8.41. The fraction of sp³-hybridized carbons (Fsp3) is 0.300. The van der Waals surface area contributed by atoms with Gasteiger partial charge in [-0.05, 0) is 69.2 Å². The van der Waals surface area contributed by atoms with Crippen molar-refractivity contribution in [3.05, 3.63) is 41.5 Å². The van der Waals surface area contributed by atoms with E-state index in [2.05, 4.69) is 0 Å². The first kappa shape index (κ1) is 17.0. The molecule has 1 N–H and O–H groups in total. The molecule has 0 saturated carbocycles. The van der Waals surface area contributed by atoms with Gasteiger partial charge in [-0.25, -0.2) is 0 Å². The molecule has 2 aromatic rings. The van der Waals surface area contributed by atoms with E-state index in [0.29, 0.717) is 29.1 Å². The minimum atomic E-state index is -0.920. The number of nitrogens with zero attached hydrogens (tertiary/aromatic N) is 1. The molecule has 0 fully saturated rings. The number of aldehydes is 1. The zero-order valence-corrected chi connectivity index (χ0v) is 14.8. The highest BCUT2D eigenvalue weighted by molar-refractivity contribution is 6.03. The Labute approximate surface area is 146 Å². The van der Waals surface area contributed by atoms with E-state index < -0.39 is 5.60 Å². The van der Waals surface area contributed by atoms with Gasteiger partial charge in [0.25, 0.3) is 5.91 Å². The summed E-state index contributed by atoms with van der Waals surface area (Å²) in [7, 11) is 0. The number of carbonyl (C=O) groups is 2. The van der Waals surface area contributed by atoms with Crippen molar-refractivity contribution in [3.63, 3.8) is 0 Å². The topological polar surface area (TPSA) is 66.8 Å². The number of carbonyl (C=O) groups excluding carboxylic acids is 2. The molecule has 1 aliphatic heterocycles. The van der Waals surface area contributed by atoms with Crippen molar-refractivity contribution < 1.29 is 19.4 Å². The predicted octanol–water partition coefficient (Wildman–Crippen LogP) is 3.70. The first-order valence-electron chi connectivity index (χ1n) is 8.22. The van der Waals surface area contributed by atoms with Crippen LogP contribution in [0.15, 0.2) is 30.3 Å². The first-order valence-corrected chi connectivity index (χ1v) is 8.22. The van der Waals surface area contributed by atoms with Crippen molar-refractivity contribution in [3.8, 4) is 22.6 Å². The Morgan fingerprint density at radius 1 is 1.20 bits per heavy atom. The molecule has 130 valence electrons. The summed E-state index contributed by atoms with van der Waals surface area (Å²) in [5.41, 5.74) is 2.43. The molecule has 0 bridgehead atoms. The molecule has 0 atom stereocenters. The van der Waals surface area contributed by atoms with Crippen molar-refractivity contribution in [2.75, 3.05) is 11.4 Å². The van der Waals surface area contributed by atoms with Crippen LogP contribution in [0, 0.1) is 6.92 Å². The quantitative estimate of drug-likeness (QED) is 0.866. The van der Waals surface area contributed by atoms with Crippen LogP contribution in [0.3, 0.4) is 0 Å². The van der Waals surface area contributed by atoms with Crippen LogP contribution in [-0.4, -0.2) is 29.4 Å². The van der Waals surface area contributed by atoms with E-state index >= 15 is 0 Å². The SMILES string of the molecule is CCN1C(=O)C(C)(C)Oc2cc(C)c(-c3cc(C=O)ccc3O)cc21. The number of aromatic hydroxyl groups is 1. The second-order valence-corrected chi connectivity index (χ2v) is 6.69. The van der Waals surface area contributed by atoms with Gasteiger partial charge in [-0.2, -0.15) is 0 Å². The molecular weight excluding hydrogens is 318 g/mol. The average Bonchev–Trinajstić information content (AvgIpc) is 2.56. The summed E-state index contributed by atoms with van der Waals surface area (Å²) in [6.07, 6.45) is 0.740. The number of benzene rings is 2. The highest BCUT2D eigenvalue weighted by Gasteiger charge is 2.40. The maximum absolute atomic E-state index is 12.6. The van der Waals surface area contributed by atoms with E-state index in [1.807, 2.05) is 26.0 Å². The zero-order valence-electron chi connectivity index (χ0n) is 14.8. The van der Waals surface area contributed by atoms with E-state index in [0.717, 1.165) is 17.4 Å². The van der Waals surface area contributed by atoms with Gasteiger partial charge in [0.05, 0.1) is 5.69 Å². The molecule has 5 heteroatoms. The minimum absolute atomic E-state index is 0.0834. The van der Waals surface area contributed by atoms with E-state index in [1.165, 1.54) is 6.07 Å². The number of aryl methyl sites for hydroxylation is 1. The van der Waals surface area contributed by atoms with Crippen molar-refractivity contribution in [1.82, 2.24) is 0 Å². The number of phenols is 1. The molecule has 25 heavy (non-hydrogen) atoms. The fourth-order valence-corrected chi connectivity index (χ4v) is 3.16. The van der Waals surface area contributed by atoms with Gasteiger partial charge in [-0.3, -0.25) is 9.59 Å². The predicted molar refractivity (Wildman–Crippen MR) is 96.4 cm³/mol. The van der Waals surface area contributed by atoms with Crippen LogP contribution in [0.2, 0.25) is 0 Å². The molecule has 1 heterocycles. The third kappa shape index (κ3) is 2.76. The molecule has 5 nitrogen and oxygen atoms in total. The molecule has 1 aliphatic rings. The molecule has 0 spiro atoms. The van der Waals surface area contributed by atoms with Crippen molar-refractivity contribution in [2.45, 2.75) is 33.3 Å². The summed E-state index contributed by atoms with van der Waals surface area (Å²) in [5.74, 6) is 0.613. The van der Waals surface area contributed by atoms with Gasteiger partial charge in [0.2, 0.25) is 0 Å². The molecule has 0 saturated heterocycles. The normalized spacial score (nSPS) is 15.5. The molecule has 0 unspecified atom stereocenters. The zero-order chi connectivity index (χ0) is 18.4. The molecular formula is C20H21NO4. The second kappa shape index (κ2) is 5.92. The van der Waals surface area contributed by atoms with Gasteiger partial charge < -0.3 is 14.7 Å². The third-order valence-electron chi connectivity index (χ3n) is 4.49. The van der Waals surface area contributed by atoms with Crippen LogP contribution < -0.4 is 9.64 Å². The van der Waals surface area contributed by atoms with E-state index in [4.69, 9.17) is 4.74 Å². The maximum Gasteiger partial charge on any atom is 0.270 e. The van der Waals surface area contributed by atoms with Gasteiger partial charge >= 0.3 is 0 Å². The molecule has 0 radical (unpaired) electrons. The van der Waals surface area contributed by atoms with Crippen molar-refractivity contribution in [2.24, 2.45) is 0 Å². The van der Waals surface area contributed by atoms with Crippen molar-refractivity contribution >= 4 is 17.9 Å². The van der Waals surface area contributed by atoms with Crippen LogP contribution in [-0.2, 0) is 4.79 Å². The number of hydrogen-bond donors (Lipinski definition) is 1. The van der Waals surface area contributed by atoms with Gasteiger partial charge in [0, 0.05) is 17.7 Å². The number of ether oxygens (including phenoxy) is 1. The molecule has 0 aliphatic carbocycles. The smallest absolute Gasteiger partial charge is 0.270 e. The number of hydrogen-bond acceptors (Lipinski definition) is 4. The average molecular weight is 339 g/mol. The lowest BCUT2D eigenvalue weighted by Crippen LogP contribution is -2.52. The van der Waals surface area contributed by atoms with Gasteiger partial charge in [0.15, 0.2) is 5.60 Å². The third-order valence-corrected chi connectivity index (χ3v) is 4.49. The van der Waals surface area contributed by atoms with Gasteiger partial charge in [-0.15, -0.1) is 0 Å². The summed E-state index contributed by atoms with van der Waals surface area (Å²) in [5, 5.41) is 10.2. The van der Waals surface area contributed by atoms with Crippen LogP contribution >= 0.6 is 0 Å². The highest BCUT2D eigenvalue weighted by Crippen LogP contribution is 2.43. The second-order valence-electron chi connectivity index (χ2n) is 6.69. The Morgan fingerprint density at radius 2 is 1.92 bits per heavy atom. The standard InChI is InChI=1S/C20H21NO4/c1-5-21-16-10-14(15-9-13(11-22)6-7-17(15)23)12(2)8-18(16)25-20(3,4)19(21)24/h6-11,23H,5H2,1-4H3. The summed E-state index contributed by atoms with van der Waals surface area (Å²) < 4.78 is 5.90. The lowest BCUT2D eigenvalue weighted by atomic mass is 9.95. The lowest BCUT2D eigenvalue weighted by Gasteiger charge is -2.38. The van der Waals surface area contributed by atoms with Gasteiger partial charge in [-0.1, -0.05) is 0 Å². The summed E-state index contributed by atoms with van der Waals surface area (Å²) in [4.78, 5) is 25.4. The minimum Gasteiger partial charge on any atom is -0.507 e. The molecule has 2 aromatic carbocycles. The number of rotatable bonds is 3. The number of anilines is 1. The van der Waals surface area contributed by atoms with Crippen LogP contribution in [0.1, 0.15) is 36.7 Å². The van der Waals surface area contributed by atoms with E-state index in [9.17, 15) is 14.7 Å². The molecule has 1 amide bonds. The summed E-state index contributed by atoms with van der Waals surface area (Å²) >= 11 is 0. The Balaban J connectivity index is 2.22. The lowest BCUT2D eigenvalue weighted by molar-refractivity contribution is -0.132. The maximum atomic E-state index is 12.6. The van der Waals surface area contributed by atoms with Crippen molar-refractivity contribution in [1.29, 1.82) is 0 Å². The summed E-state index contributed by atoms with van der Waals surface area (Å²) in [6.45, 7) is 7.84. The molecule has 3 rings (SSSR count). The fourth-order valence-electron chi connectivity index (χ4n) is 3.16. The monoisotopic (exact) mass is 339 g/mol. The van der Waals surface area contributed by atoms with Crippen LogP contribution in [0.5, 0.6) is 11.5 Å². The Kier molecular flexibility index (Phi) is 4.03. The Morgan fingerprint density at radius 3 is 2.56 bits per heavy atom. The Hall–Kier alpha value is -2.82.